The van der Waals surface area contributed by atoms with E-state index in [1.54, 1.807) is 25.1 Å². The highest BCUT2D eigenvalue weighted by atomic mass is 32.2. The Morgan fingerprint density at radius 1 is 1.53 bits per heavy atom. The average molecular weight is 256 g/mol. The first kappa shape index (κ1) is 12.4. The summed E-state index contributed by atoms with van der Waals surface area (Å²) in [6, 6.07) is 5.05. The molecule has 0 saturated heterocycles. The normalized spacial score (nSPS) is 23.1. The molecule has 17 heavy (non-hydrogen) atoms. The summed E-state index contributed by atoms with van der Waals surface area (Å²) in [5, 5.41) is 8.82. The Morgan fingerprint density at radius 3 is 2.82 bits per heavy atom. The quantitative estimate of drug-likeness (QED) is 0.881. The predicted molar refractivity (Wildman–Crippen MR) is 64.0 cm³/mol. The molecule has 4 nitrogen and oxygen atoms in total. The molecule has 1 aliphatic heterocycles. The lowest BCUT2D eigenvalue weighted by Crippen LogP contribution is -2.22. The third kappa shape index (κ3) is 2.05. The van der Waals surface area contributed by atoms with Gasteiger partial charge in [-0.3, -0.25) is 0 Å². The molecule has 0 saturated carbocycles. The summed E-state index contributed by atoms with van der Waals surface area (Å²) in [6.45, 7) is 1.61. The number of methoxy groups -OCH3 is 1. The Balaban J connectivity index is 2.46. The molecule has 0 aromatic heterocycles. The van der Waals surface area contributed by atoms with Gasteiger partial charge in [0, 0.05) is 5.56 Å². The number of aliphatic hydroxyl groups is 1. The van der Waals surface area contributed by atoms with Gasteiger partial charge in [0.25, 0.3) is 0 Å². The third-order valence-corrected chi connectivity index (χ3v) is 5.32. The summed E-state index contributed by atoms with van der Waals surface area (Å²) >= 11 is 0. The van der Waals surface area contributed by atoms with Crippen LogP contribution in [0.2, 0.25) is 0 Å². The van der Waals surface area contributed by atoms with Crippen LogP contribution < -0.4 is 4.74 Å². The molecule has 2 unspecified atom stereocenters. The van der Waals surface area contributed by atoms with Gasteiger partial charge in [-0.15, -0.1) is 0 Å². The number of fused-ring (bicyclic) bond motifs is 1. The van der Waals surface area contributed by atoms with Gasteiger partial charge >= 0.3 is 0 Å². The highest BCUT2D eigenvalue weighted by molar-refractivity contribution is 7.92. The number of hydrogen-bond donors (Lipinski definition) is 1. The molecule has 0 radical (unpaired) electrons. The van der Waals surface area contributed by atoms with Crippen molar-refractivity contribution in [3.63, 3.8) is 0 Å². The predicted octanol–water partition coefficient (Wildman–Crippen LogP) is 1.16. The fraction of sp³-hybridized carbons (Fsp3) is 0.500. The zero-order valence-electron chi connectivity index (χ0n) is 9.88. The van der Waals surface area contributed by atoms with Crippen LogP contribution in [0, 0.1) is 0 Å². The highest BCUT2D eigenvalue weighted by Gasteiger charge is 2.38. The molecule has 94 valence electrons. The van der Waals surface area contributed by atoms with Gasteiger partial charge in [-0.1, -0.05) is 6.07 Å². The van der Waals surface area contributed by atoms with E-state index in [1.807, 2.05) is 0 Å². The summed E-state index contributed by atoms with van der Waals surface area (Å²) in [7, 11) is -1.78. The molecule has 1 heterocycles. The van der Waals surface area contributed by atoms with E-state index >= 15 is 0 Å². The van der Waals surface area contributed by atoms with E-state index in [4.69, 9.17) is 4.74 Å². The average Bonchev–Trinajstić information content (AvgIpc) is 2.50. The summed E-state index contributed by atoms with van der Waals surface area (Å²) in [4.78, 5) is 0.350. The zero-order valence-corrected chi connectivity index (χ0v) is 10.7. The van der Waals surface area contributed by atoms with E-state index < -0.39 is 21.2 Å². The van der Waals surface area contributed by atoms with Gasteiger partial charge in [-0.25, -0.2) is 8.42 Å². The lowest BCUT2D eigenvalue weighted by atomic mass is 10.1. The van der Waals surface area contributed by atoms with E-state index in [0.717, 1.165) is 5.56 Å². The highest BCUT2D eigenvalue weighted by Crippen LogP contribution is 2.38. The Morgan fingerprint density at radius 2 is 2.24 bits per heavy atom. The van der Waals surface area contributed by atoms with Crippen molar-refractivity contribution in [1.29, 1.82) is 0 Å². The standard InChI is InChI=1S/C12H16O4S/c1-8(13)6-9-7-10-11(16-2)4-3-5-12(10)17(9,14)15/h3-5,8-9,13H,6-7H2,1-2H3. The first-order valence-electron chi connectivity index (χ1n) is 5.54. The van der Waals surface area contributed by atoms with Gasteiger partial charge in [0.05, 0.1) is 23.4 Å². The molecule has 0 fully saturated rings. The van der Waals surface area contributed by atoms with E-state index in [0.29, 0.717) is 17.1 Å². The fourth-order valence-corrected chi connectivity index (χ4v) is 4.38. The van der Waals surface area contributed by atoms with Crippen LogP contribution in [0.5, 0.6) is 5.75 Å². The Hall–Kier alpha value is -1.07. The number of ether oxygens (including phenoxy) is 1. The van der Waals surface area contributed by atoms with Crippen LogP contribution in [0.3, 0.4) is 0 Å². The second-order valence-electron chi connectivity index (χ2n) is 4.39. The van der Waals surface area contributed by atoms with Gasteiger partial charge in [0.1, 0.15) is 5.75 Å². The minimum Gasteiger partial charge on any atom is -0.496 e. The first-order chi connectivity index (χ1) is 7.96. The van der Waals surface area contributed by atoms with Gasteiger partial charge in [0.15, 0.2) is 9.84 Å². The molecule has 1 aromatic carbocycles. The zero-order chi connectivity index (χ0) is 12.6. The molecule has 0 spiro atoms. The molecular weight excluding hydrogens is 240 g/mol. The topological polar surface area (TPSA) is 63.6 Å². The van der Waals surface area contributed by atoms with Crippen LogP contribution in [0.1, 0.15) is 18.9 Å². The van der Waals surface area contributed by atoms with Crippen molar-refractivity contribution in [3.8, 4) is 5.75 Å². The minimum atomic E-state index is -3.31. The van der Waals surface area contributed by atoms with Gasteiger partial charge in [0.2, 0.25) is 0 Å². The molecule has 1 aliphatic rings. The van der Waals surface area contributed by atoms with Crippen molar-refractivity contribution in [2.75, 3.05) is 7.11 Å². The number of benzene rings is 1. The summed E-state index contributed by atoms with van der Waals surface area (Å²) in [5.41, 5.74) is 0.737. The van der Waals surface area contributed by atoms with Gasteiger partial charge in [-0.2, -0.15) is 0 Å². The molecular formula is C12H16O4S. The fourth-order valence-electron chi connectivity index (χ4n) is 2.31. The molecule has 5 heteroatoms. The largest absolute Gasteiger partial charge is 0.496 e. The number of aliphatic hydroxyl groups excluding tert-OH is 1. The van der Waals surface area contributed by atoms with Crippen LogP contribution in [0.25, 0.3) is 0 Å². The molecule has 2 atom stereocenters. The van der Waals surface area contributed by atoms with Crippen LogP contribution in [-0.2, 0) is 16.3 Å². The number of sulfone groups is 1. The maximum atomic E-state index is 12.2. The van der Waals surface area contributed by atoms with E-state index in [9.17, 15) is 13.5 Å². The van der Waals surface area contributed by atoms with Crippen LogP contribution >= 0.6 is 0 Å². The Bertz CT molecular complexity index is 519. The Labute approximate surface area is 101 Å². The summed E-state index contributed by atoms with van der Waals surface area (Å²) in [6.07, 6.45) is 0.0716. The Kier molecular flexibility index (Phi) is 3.14. The smallest absolute Gasteiger partial charge is 0.182 e. The van der Waals surface area contributed by atoms with Crippen LogP contribution in [-0.4, -0.2) is 32.0 Å². The molecule has 1 N–H and O–H groups in total. The van der Waals surface area contributed by atoms with Crippen molar-refractivity contribution in [2.45, 2.75) is 36.0 Å². The minimum absolute atomic E-state index is 0.264. The monoisotopic (exact) mass is 256 g/mol. The van der Waals surface area contributed by atoms with E-state index in [-0.39, 0.29) is 6.42 Å². The molecule has 2 rings (SSSR count). The maximum absolute atomic E-state index is 12.2. The number of hydrogen-bond acceptors (Lipinski definition) is 4. The molecule has 1 aromatic rings. The van der Waals surface area contributed by atoms with Gasteiger partial charge in [-0.05, 0) is 31.9 Å². The SMILES string of the molecule is COc1cccc2c1CC(CC(C)O)S2(=O)=O. The molecule has 0 aliphatic carbocycles. The van der Waals surface area contributed by atoms with Crippen molar-refractivity contribution >= 4 is 9.84 Å². The van der Waals surface area contributed by atoms with Crippen molar-refractivity contribution in [2.24, 2.45) is 0 Å². The second kappa shape index (κ2) is 4.31. The first-order valence-corrected chi connectivity index (χ1v) is 7.09. The lowest BCUT2D eigenvalue weighted by molar-refractivity contribution is 0.183. The van der Waals surface area contributed by atoms with E-state index in [1.165, 1.54) is 7.11 Å². The lowest BCUT2D eigenvalue weighted by Gasteiger charge is -2.10. The second-order valence-corrected chi connectivity index (χ2v) is 6.59. The molecule has 0 bridgehead atoms. The third-order valence-electron chi connectivity index (χ3n) is 3.09. The van der Waals surface area contributed by atoms with E-state index in [2.05, 4.69) is 0 Å². The summed E-state index contributed by atoms with van der Waals surface area (Å²) < 4.78 is 29.6. The van der Waals surface area contributed by atoms with Crippen molar-refractivity contribution in [1.82, 2.24) is 0 Å². The van der Waals surface area contributed by atoms with Crippen molar-refractivity contribution < 1.29 is 18.3 Å². The molecule has 0 amide bonds. The maximum Gasteiger partial charge on any atom is 0.182 e. The van der Waals surface area contributed by atoms with Crippen molar-refractivity contribution in [3.05, 3.63) is 23.8 Å². The van der Waals surface area contributed by atoms with Crippen LogP contribution in [0.15, 0.2) is 23.1 Å². The van der Waals surface area contributed by atoms with Crippen LogP contribution in [0.4, 0.5) is 0 Å². The van der Waals surface area contributed by atoms with Gasteiger partial charge < -0.3 is 9.84 Å². The summed E-state index contributed by atoms with van der Waals surface area (Å²) in [5.74, 6) is 0.610. The number of rotatable bonds is 3.